The van der Waals surface area contributed by atoms with Crippen LogP contribution in [-0.2, 0) is 4.79 Å². The maximum Gasteiger partial charge on any atom is 0.387 e. The number of halogens is 2. The highest BCUT2D eigenvalue weighted by atomic mass is 33.1. The van der Waals surface area contributed by atoms with Gasteiger partial charge >= 0.3 is 6.61 Å². The molecule has 0 radical (unpaired) electrons. The summed E-state index contributed by atoms with van der Waals surface area (Å²) in [4.78, 5) is 12.0. The van der Waals surface area contributed by atoms with E-state index >= 15 is 0 Å². The van der Waals surface area contributed by atoms with Crippen LogP contribution >= 0.6 is 21.6 Å². The fraction of sp³-hybridized carbons (Fsp3) is 0.588. The third-order valence-electron chi connectivity index (χ3n) is 3.87. The largest absolute Gasteiger partial charge is 0.435 e. The van der Waals surface area contributed by atoms with Crippen LogP contribution < -0.4 is 10.1 Å². The molecule has 1 N–H and O–H groups in total. The summed E-state index contributed by atoms with van der Waals surface area (Å²) in [6, 6.07) is 6.21. The van der Waals surface area contributed by atoms with E-state index in [1.807, 2.05) is 28.5 Å². The van der Waals surface area contributed by atoms with Gasteiger partial charge < -0.3 is 10.1 Å². The van der Waals surface area contributed by atoms with Crippen molar-refractivity contribution in [3.63, 3.8) is 0 Å². The molecule has 1 aliphatic heterocycles. The van der Waals surface area contributed by atoms with Crippen LogP contribution in [0.15, 0.2) is 24.3 Å². The molecule has 2 rings (SSSR count). The standard InChI is InChI=1S/C17H23F2NO2S2/c1-12(13-5-4-6-14(11-13)22-17(18)19)20-16(21)8-3-2-7-15-9-10-23-24-15/h4-6,11-12,15,17H,2-3,7-10H2,1H3,(H,20,21)/t12-,15+/m1/s1. The predicted octanol–water partition coefficient (Wildman–Crippen LogP) is 5.18. The van der Waals surface area contributed by atoms with Crippen LogP contribution in [0.25, 0.3) is 0 Å². The predicted molar refractivity (Wildman–Crippen MR) is 96.6 cm³/mol. The lowest BCUT2D eigenvalue weighted by molar-refractivity contribution is -0.121. The van der Waals surface area contributed by atoms with Crippen molar-refractivity contribution >= 4 is 27.5 Å². The van der Waals surface area contributed by atoms with Crippen molar-refractivity contribution in [1.29, 1.82) is 0 Å². The van der Waals surface area contributed by atoms with Crippen molar-refractivity contribution in [2.45, 2.75) is 56.9 Å². The number of unbranched alkanes of at least 4 members (excludes halogenated alkanes) is 1. The smallest absolute Gasteiger partial charge is 0.387 e. The first-order chi connectivity index (χ1) is 11.5. The van der Waals surface area contributed by atoms with Gasteiger partial charge in [-0.15, -0.1) is 0 Å². The van der Waals surface area contributed by atoms with Gasteiger partial charge in [-0.25, -0.2) is 0 Å². The SMILES string of the molecule is C[C@@H](NC(=O)CCCC[C@H]1CCSS1)c1cccc(OC(F)F)c1. The molecule has 1 aromatic carbocycles. The third kappa shape index (κ3) is 6.89. The third-order valence-corrected chi connectivity index (χ3v) is 6.87. The normalized spacial score (nSPS) is 18.6. The van der Waals surface area contributed by atoms with Gasteiger partial charge in [-0.2, -0.15) is 8.78 Å². The number of benzene rings is 1. The number of carbonyl (C=O) groups excluding carboxylic acids is 1. The number of carbonyl (C=O) groups is 1. The molecule has 1 aliphatic rings. The van der Waals surface area contributed by atoms with Crippen LogP contribution in [0.4, 0.5) is 8.78 Å². The zero-order valence-electron chi connectivity index (χ0n) is 13.7. The molecule has 0 bridgehead atoms. The lowest BCUT2D eigenvalue weighted by Crippen LogP contribution is -2.26. The summed E-state index contributed by atoms with van der Waals surface area (Å²) in [6.07, 6.45) is 4.90. The van der Waals surface area contributed by atoms with E-state index in [9.17, 15) is 13.6 Å². The Morgan fingerprint density at radius 2 is 2.25 bits per heavy atom. The maximum absolute atomic E-state index is 12.3. The van der Waals surface area contributed by atoms with Crippen molar-refractivity contribution < 1.29 is 18.3 Å². The van der Waals surface area contributed by atoms with Gasteiger partial charge in [0, 0.05) is 17.4 Å². The van der Waals surface area contributed by atoms with Crippen LogP contribution in [0, 0.1) is 0 Å². The minimum absolute atomic E-state index is 0.00358. The van der Waals surface area contributed by atoms with Crippen molar-refractivity contribution in [1.82, 2.24) is 5.32 Å². The van der Waals surface area contributed by atoms with Crippen LogP contribution in [0.1, 0.15) is 50.6 Å². The Labute approximate surface area is 149 Å². The number of alkyl halides is 2. The molecule has 0 unspecified atom stereocenters. The van der Waals surface area contributed by atoms with E-state index in [0.717, 1.165) is 23.7 Å². The van der Waals surface area contributed by atoms with E-state index < -0.39 is 6.61 Å². The molecule has 1 heterocycles. The first-order valence-corrected chi connectivity index (χ1v) is 10.5. The molecule has 1 amide bonds. The lowest BCUT2D eigenvalue weighted by atomic mass is 10.1. The number of hydrogen-bond donors (Lipinski definition) is 1. The van der Waals surface area contributed by atoms with E-state index in [4.69, 9.17) is 0 Å². The van der Waals surface area contributed by atoms with E-state index in [1.165, 1.54) is 30.7 Å². The minimum atomic E-state index is -2.85. The molecule has 7 heteroatoms. The number of amides is 1. The highest BCUT2D eigenvalue weighted by molar-refractivity contribution is 8.77. The number of rotatable bonds is 9. The molecule has 0 saturated carbocycles. The van der Waals surface area contributed by atoms with Crippen molar-refractivity contribution in [3.05, 3.63) is 29.8 Å². The highest BCUT2D eigenvalue weighted by Gasteiger charge is 2.16. The van der Waals surface area contributed by atoms with Gasteiger partial charge in [0.15, 0.2) is 0 Å². The summed E-state index contributed by atoms with van der Waals surface area (Å²) in [5.41, 5.74) is 0.751. The van der Waals surface area contributed by atoms with Gasteiger partial charge in [0.2, 0.25) is 5.91 Å². The average molecular weight is 376 g/mol. The number of hydrogen-bond acceptors (Lipinski definition) is 4. The second-order valence-corrected chi connectivity index (χ2v) is 8.60. The van der Waals surface area contributed by atoms with Crippen LogP contribution in [-0.4, -0.2) is 23.5 Å². The van der Waals surface area contributed by atoms with Gasteiger partial charge in [0.25, 0.3) is 0 Å². The average Bonchev–Trinajstić information content (AvgIpc) is 3.04. The maximum atomic E-state index is 12.3. The number of nitrogens with one attached hydrogen (secondary N) is 1. The van der Waals surface area contributed by atoms with Crippen LogP contribution in [0.5, 0.6) is 5.75 Å². The molecule has 3 nitrogen and oxygen atoms in total. The van der Waals surface area contributed by atoms with Crippen molar-refractivity contribution in [2.75, 3.05) is 5.75 Å². The summed E-state index contributed by atoms with van der Waals surface area (Å²) in [5.74, 6) is 1.34. The van der Waals surface area contributed by atoms with Crippen LogP contribution in [0.3, 0.4) is 0 Å². The summed E-state index contributed by atoms with van der Waals surface area (Å²) in [7, 11) is 3.90. The van der Waals surface area contributed by atoms with Gasteiger partial charge in [-0.3, -0.25) is 4.79 Å². The molecule has 1 fully saturated rings. The molecule has 134 valence electrons. The molecule has 1 aromatic rings. The fourth-order valence-electron chi connectivity index (χ4n) is 2.58. The van der Waals surface area contributed by atoms with Gasteiger partial charge in [-0.05, 0) is 43.9 Å². The van der Waals surface area contributed by atoms with E-state index in [2.05, 4.69) is 10.1 Å². The Kier molecular flexibility index (Phi) is 8.18. The Morgan fingerprint density at radius 1 is 1.42 bits per heavy atom. The first-order valence-electron chi connectivity index (χ1n) is 8.17. The lowest BCUT2D eigenvalue weighted by Gasteiger charge is -2.15. The topological polar surface area (TPSA) is 38.3 Å². The van der Waals surface area contributed by atoms with E-state index in [-0.39, 0.29) is 17.7 Å². The molecule has 2 atom stereocenters. The Bertz CT molecular complexity index is 525. The Balaban J connectivity index is 1.70. The molecular formula is C17H23F2NO2S2. The van der Waals surface area contributed by atoms with Gasteiger partial charge in [0.1, 0.15) is 5.75 Å². The zero-order valence-corrected chi connectivity index (χ0v) is 15.3. The second-order valence-electron chi connectivity index (χ2n) is 5.81. The minimum Gasteiger partial charge on any atom is -0.435 e. The monoisotopic (exact) mass is 375 g/mol. The second kappa shape index (κ2) is 10.1. The quantitative estimate of drug-likeness (QED) is 0.477. The van der Waals surface area contributed by atoms with Gasteiger partial charge in [-0.1, -0.05) is 40.1 Å². The summed E-state index contributed by atoms with van der Waals surface area (Å²) in [5, 5.41) is 3.66. The molecular weight excluding hydrogens is 352 g/mol. The molecule has 24 heavy (non-hydrogen) atoms. The molecule has 1 saturated heterocycles. The summed E-state index contributed by atoms with van der Waals surface area (Å²) >= 11 is 0. The van der Waals surface area contributed by atoms with E-state index in [1.54, 1.807) is 12.1 Å². The highest BCUT2D eigenvalue weighted by Crippen LogP contribution is 2.39. The fourth-order valence-corrected chi connectivity index (χ4v) is 5.61. The Hall–Kier alpha value is -0.950. The summed E-state index contributed by atoms with van der Waals surface area (Å²) < 4.78 is 28.9. The summed E-state index contributed by atoms with van der Waals surface area (Å²) in [6.45, 7) is -1.01. The number of ether oxygens (including phenoxy) is 1. The molecule has 0 spiro atoms. The van der Waals surface area contributed by atoms with Crippen molar-refractivity contribution in [3.8, 4) is 5.75 Å². The Morgan fingerprint density at radius 3 is 2.96 bits per heavy atom. The molecule has 0 aliphatic carbocycles. The van der Waals surface area contributed by atoms with Crippen molar-refractivity contribution in [2.24, 2.45) is 0 Å². The van der Waals surface area contributed by atoms with Gasteiger partial charge in [0.05, 0.1) is 6.04 Å². The van der Waals surface area contributed by atoms with E-state index in [0.29, 0.717) is 6.42 Å². The van der Waals surface area contributed by atoms with Crippen LogP contribution in [0.2, 0.25) is 0 Å². The molecule has 0 aromatic heterocycles. The first kappa shape index (κ1) is 19.4. The zero-order chi connectivity index (χ0) is 17.4.